The van der Waals surface area contributed by atoms with Gasteiger partial charge in [0.15, 0.2) is 29.2 Å². The number of carbonyl (C=O) groups excluding carboxylic acids is 2. The Hall–Kier alpha value is -2.42. The highest BCUT2D eigenvalue weighted by Gasteiger charge is 2.40. The maximum absolute atomic E-state index is 13.7. The summed E-state index contributed by atoms with van der Waals surface area (Å²) in [6.45, 7) is -0.502. The number of hydrogen-bond donors (Lipinski definition) is 1. The van der Waals surface area contributed by atoms with E-state index in [-0.39, 0.29) is 27.2 Å². The Labute approximate surface area is 149 Å². The molecule has 0 aliphatic heterocycles. The summed E-state index contributed by atoms with van der Waals surface area (Å²) >= 11 is 0.793. The van der Waals surface area contributed by atoms with Crippen molar-refractivity contribution in [3.63, 3.8) is 0 Å². The Kier molecular flexibility index (Phi) is 4.18. The molecule has 5 nitrogen and oxygen atoms in total. The third-order valence-corrected chi connectivity index (χ3v) is 5.61. The fraction of sp³-hybridized carbons (Fsp3) is 0.353. The molecular formula is C17H13F3N2O3S. The first-order valence-electron chi connectivity index (χ1n) is 8.01. The lowest BCUT2D eigenvalue weighted by atomic mass is 9.94. The Bertz CT molecular complexity index is 943. The second-order valence-electron chi connectivity index (χ2n) is 6.39. The number of halogens is 3. The molecule has 1 fully saturated rings. The van der Waals surface area contributed by atoms with Crippen LogP contribution in [0.5, 0.6) is 0 Å². The summed E-state index contributed by atoms with van der Waals surface area (Å²) in [5.74, 6) is -5.07. The van der Waals surface area contributed by atoms with Crippen molar-refractivity contribution in [3.05, 3.63) is 35.7 Å². The summed E-state index contributed by atoms with van der Waals surface area (Å²) in [6, 6.07) is 0.809. The van der Waals surface area contributed by atoms with Crippen LogP contribution in [0, 0.1) is 35.2 Å². The lowest BCUT2D eigenvalue weighted by Gasteiger charge is -2.16. The van der Waals surface area contributed by atoms with E-state index in [1.165, 1.54) is 0 Å². The molecule has 1 aromatic carbocycles. The van der Waals surface area contributed by atoms with Crippen molar-refractivity contribution in [3.8, 4) is 0 Å². The fourth-order valence-corrected chi connectivity index (χ4v) is 4.38. The van der Waals surface area contributed by atoms with Crippen LogP contribution < -0.4 is 5.32 Å². The zero-order valence-electron chi connectivity index (χ0n) is 13.3. The number of hydrogen-bond acceptors (Lipinski definition) is 5. The number of allylic oxidation sites excluding steroid dienone is 2. The van der Waals surface area contributed by atoms with Crippen LogP contribution in [0.25, 0.3) is 10.2 Å². The molecule has 2 aliphatic rings. The predicted octanol–water partition coefficient (Wildman–Crippen LogP) is 3.41. The number of ether oxygens (including phenoxy) is 1. The molecule has 9 heteroatoms. The molecule has 4 rings (SSSR count). The SMILES string of the molecule is O=C(COC(=O)C1CC2C=CC1C2)Nc1nc2c(F)c(F)c(F)cc2s1. The molecule has 0 saturated heterocycles. The van der Waals surface area contributed by atoms with E-state index in [0.717, 1.165) is 30.2 Å². The van der Waals surface area contributed by atoms with Crippen LogP contribution in [-0.2, 0) is 14.3 Å². The minimum atomic E-state index is -1.62. The van der Waals surface area contributed by atoms with Crippen LogP contribution >= 0.6 is 11.3 Å². The van der Waals surface area contributed by atoms with Crippen molar-refractivity contribution < 1.29 is 27.5 Å². The number of nitrogens with one attached hydrogen (secondary N) is 1. The first kappa shape index (κ1) is 17.0. The minimum Gasteiger partial charge on any atom is -0.455 e. The average Bonchev–Trinajstić information content (AvgIpc) is 3.33. The number of esters is 1. The highest BCUT2D eigenvalue weighted by atomic mass is 32.1. The summed E-state index contributed by atoms with van der Waals surface area (Å²) in [5.41, 5.74) is -0.366. The molecule has 1 amide bonds. The van der Waals surface area contributed by atoms with Crippen molar-refractivity contribution in [1.29, 1.82) is 0 Å². The number of nitrogens with zero attached hydrogens (tertiary/aromatic N) is 1. The monoisotopic (exact) mass is 382 g/mol. The van der Waals surface area contributed by atoms with Gasteiger partial charge in [0.05, 0.1) is 10.6 Å². The Morgan fingerprint density at radius 3 is 2.73 bits per heavy atom. The van der Waals surface area contributed by atoms with E-state index in [0.29, 0.717) is 5.92 Å². The quantitative estimate of drug-likeness (QED) is 0.500. The van der Waals surface area contributed by atoms with Crippen LogP contribution in [0.4, 0.5) is 18.3 Å². The van der Waals surface area contributed by atoms with Gasteiger partial charge in [-0.05, 0) is 30.7 Å². The van der Waals surface area contributed by atoms with Crippen molar-refractivity contribution in [2.24, 2.45) is 17.8 Å². The minimum absolute atomic E-state index is 0.0344. The Morgan fingerprint density at radius 2 is 2.04 bits per heavy atom. The molecular weight excluding hydrogens is 369 g/mol. The van der Waals surface area contributed by atoms with Gasteiger partial charge in [-0.2, -0.15) is 0 Å². The molecule has 0 radical (unpaired) electrons. The molecule has 136 valence electrons. The third-order valence-electron chi connectivity index (χ3n) is 4.70. The number of carbonyl (C=O) groups is 2. The maximum Gasteiger partial charge on any atom is 0.310 e. The van der Waals surface area contributed by atoms with Crippen LogP contribution in [0.2, 0.25) is 0 Å². The van der Waals surface area contributed by atoms with E-state index >= 15 is 0 Å². The molecule has 1 N–H and O–H groups in total. The van der Waals surface area contributed by atoms with Gasteiger partial charge >= 0.3 is 5.97 Å². The molecule has 2 aromatic rings. The smallest absolute Gasteiger partial charge is 0.310 e. The van der Waals surface area contributed by atoms with Gasteiger partial charge in [0, 0.05) is 0 Å². The summed E-state index contributed by atoms with van der Waals surface area (Å²) in [7, 11) is 0. The fourth-order valence-electron chi connectivity index (χ4n) is 3.48. The molecule has 1 aromatic heterocycles. The summed E-state index contributed by atoms with van der Waals surface area (Å²) in [6.07, 6.45) is 5.78. The van der Waals surface area contributed by atoms with E-state index in [9.17, 15) is 22.8 Å². The van der Waals surface area contributed by atoms with E-state index in [1.807, 2.05) is 6.08 Å². The summed E-state index contributed by atoms with van der Waals surface area (Å²) in [4.78, 5) is 27.7. The van der Waals surface area contributed by atoms with E-state index < -0.39 is 35.9 Å². The number of rotatable bonds is 4. The molecule has 26 heavy (non-hydrogen) atoms. The van der Waals surface area contributed by atoms with Crippen LogP contribution in [0.1, 0.15) is 12.8 Å². The van der Waals surface area contributed by atoms with Gasteiger partial charge < -0.3 is 4.74 Å². The summed E-state index contributed by atoms with van der Waals surface area (Å²) in [5, 5.41) is 2.31. The number of thiazole rings is 1. The van der Waals surface area contributed by atoms with Gasteiger partial charge in [0.1, 0.15) is 5.52 Å². The molecule has 3 atom stereocenters. The second kappa shape index (κ2) is 6.39. The lowest BCUT2D eigenvalue weighted by molar-refractivity contribution is -0.152. The summed E-state index contributed by atoms with van der Waals surface area (Å²) < 4.78 is 45.2. The zero-order chi connectivity index (χ0) is 18.4. The second-order valence-corrected chi connectivity index (χ2v) is 7.43. The molecule has 2 aliphatic carbocycles. The highest BCUT2D eigenvalue weighted by Crippen LogP contribution is 2.43. The first-order chi connectivity index (χ1) is 12.4. The zero-order valence-corrected chi connectivity index (χ0v) is 14.1. The van der Waals surface area contributed by atoms with Crippen molar-refractivity contribution in [2.75, 3.05) is 11.9 Å². The van der Waals surface area contributed by atoms with Crippen molar-refractivity contribution >= 4 is 38.6 Å². The number of anilines is 1. The number of aromatic nitrogens is 1. The Balaban J connectivity index is 1.37. The van der Waals surface area contributed by atoms with Gasteiger partial charge in [0.25, 0.3) is 5.91 Å². The number of fused-ring (bicyclic) bond motifs is 3. The predicted molar refractivity (Wildman–Crippen MR) is 87.9 cm³/mol. The topological polar surface area (TPSA) is 68.3 Å². The average molecular weight is 382 g/mol. The maximum atomic E-state index is 13.7. The molecule has 3 unspecified atom stereocenters. The Morgan fingerprint density at radius 1 is 1.23 bits per heavy atom. The van der Waals surface area contributed by atoms with E-state index in [4.69, 9.17) is 4.74 Å². The van der Waals surface area contributed by atoms with Crippen molar-refractivity contribution in [1.82, 2.24) is 4.98 Å². The largest absolute Gasteiger partial charge is 0.455 e. The highest BCUT2D eigenvalue weighted by molar-refractivity contribution is 7.22. The normalized spacial score (nSPS) is 23.6. The first-order valence-corrected chi connectivity index (χ1v) is 8.83. The third kappa shape index (κ3) is 2.96. The van der Waals surface area contributed by atoms with Crippen LogP contribution in [0.3, 0.4) is 0 Å². The molecule has 1 saturated carbocycles. The van der Waals surface area contributed by atoms with Crippen LogP contribution in [-0.4, -0.2) is 23.5 Å². The van der Waals surface area contributed by atoms with Gasteiger partial charge in [-0.25, -0.2) is 18.2 Å². The number of benzene rings is 1. The lowest BCUT2D eigenvalue weighted by Crippen LogP contribution is -2.26. The molecule has 0 spiro atoms. The number of amides is 1. The van der Waals surface area contributed by atoms with Gasteiger partial charge in [-0.1, -0.05) is 23.5 Å². The van der Waals surface area contributed by atoms with Gasteiger partial charge in [-0.15, -0.1) is 0 Å². The van der Waals surface area contributed by atoms with E-state index in [2.05, 4.69) is 16.4 Å². The standard InChI is InChI=1S/C17H13F3N2O3S/c18-10-5-11-15(14(20)13(10)19)22-17(26-11)21-12(23)6-25-16(24)9-4-7-1-2-8(9)3-7/h1-2,5,7-9H,3-4,6H2,(H,21,22,23). The van der Waals surface area contributed by atoms with Crippen molar-refractivity contribution in [2.45, 2.75) is 12.8 Å². The van der Waals surface area contributed by atoms with Gasteiger partial charge in [0.2, 0.25) is 0 Å². The van der Waals surface area contributed by atoms with Gasteiger partial charge in [-0.3, -0.25) is 14.9 Å². The van der Waals surface area contributed by atoms with Crippen LogP contribution in [0.15, 0.2) is 18.2 Å². The molecule has 2 bridgehead atoms. The molecule has 1 heterocycles. The van der Waals surface area contributed by atoms with E-state index in [1.54, 1.807) is 0 Å².